The van der Waals surface area contributed by atoms with Crippen molar-refractivity contribution in [1.29, 1.82) is 0 Å². The number of fused-ring (bicyclic) bond motifs is 1. The molecule has 25 heavy (non-hydrogen) atoms. The quantitative estimate of drug-likeness (QED) is 0.674. The maximum absolute atomic E-state index is 13.3. The van der Waals surface area contributed by atoms with E-state index >= 15 is 0 Å². The van der Waals surface area contributed by atoms with E-state index < -0.39 is 29.7 Å². The SMILES string of the molecule is O=C(Nc1c[nH]c2cc(F)c(F)cc12)c1ccc(OC(F)(F)F)cc1. The highest BCUT2D eigenvalue weighted by Gasteiger charge is 2.31. The largest absolute Gasteiger partial charge is 0.573 e. The number of aromatic amines is 1. The van der Waals surface area contributed by atoms with Gasteiger partial charge in [-0.05, 0) is 30.3 Å². The van der Waals surface area contributed by atoms with Crippen LogP contribution >= 0.6 is 0 Å². The number of aromatic nitrogens is 1. The molecule has 4 nitrogen and oxygen atoms in total. The topological polar surface area (TPSA) is 54.1 Å². The lowest BCUT2D eigenvalue weighted by molar-refractivity contribution is -0.274. The van der Waals surface area contributed by atoms with Crippen LogP contribution in [-0.4, -0.2) is 17.3 Å². The van der Waals surface area contributed by atoms with Gasteiger partial charge in [0, 0.05) is 23.2 Å². The second kappa shape index (κ2) is 6.08. The number of carbonyl (C=O) groups excluding carboxylic acids is 1. The van der Waals surface area contributed by atoms with Gasteiger partial charge in [-0.2, -0.15) is 0 Å². The van der Waals surface area contributed by atoms with Crippen LogP contribution in [0.5, 0.6) is 5.75 Å². The van der Waals surface area contributed by atoms with Crippen LogP contribution in [0.2, 0.25) is 0 Å². The van der Waals surface area contributed by atoms with Crippen LogP contribution in [0, 0.1) is 11.6 Å². The predicted molar refractivity (Wildman–Crippen MR) is 79.3 cm³/mol. The molecule has 130 valence electrons. The Hall–Kier alpha value is -3.10. The predicted octanol–water partition coefficient (Wildman–Crippen LogP) is 4.60. The molecule has 1 amide bonds. The summed E-state index contributed by atoms with van der Waals surface area (Å²) in [5.74, 6) is -3.21. The van der Waals surface area contributed by atoms with Crippen molar-refractivity contribution in [1.82, 2.24) is 4.98 Å². The first-order valence-corrected chi connectivity index (χ1v) is 6.86. The Morgan fingerprint density at radius 3 is 2.32 bits per heavy atom. The van der Waals surface area contributed by atoms with Gasteiger partial charge in [0.2, 0.25) is 0 Å². The fourth-order valence-corrected chi connectivity index (χ4v) is 2.22. The molecule has 2 aromatic carbocycles. The number of hydrogen-bond donors (Lipinski definition) is 2. The van der Waals surface area contributed by atoms with E-state index in [4.69, 9.17) is 0 Å². The van der Waals surface area contributed by atoms with Gasteiger partial charge in [-0.25, -0.2) is 8.78 Å². The number of benzene rings is 2. The summed E-state index contributed by atoms with van der Waals surface area (Å²) in [6, 6.07) is 6.15. The second-order valence-electron chi connectivity index (χ2n) is 5.04. The molecule has 1 heterocycles. The minimum absolute atomic E-state index is 0.0615. The number of anilines is 1. The van der Waals surface area contributed by atoms with E-state index in [9.17, 15) is 26.7 Å². The highest BCUT2D eigenvalue weighted by atomic mass is 19.4. The summed E-state index contributed by atoms with van der Waals surface area (Å²) < 4.78 is 66.5. The van der Waals surface area contributed by atoms with Gasteiger partial charge in [0.15, 0.2) is 11.6 Å². The van der Waals surface area contributed by atoms with Crippen molar-refractivity contribution in [3.05, 3.63) is 59.8 Å². The van der Waals surface area contributed by atoms with Crippen LogP contribution in [0.3, 0.4) is 0 Å². The maximum atomic E-state index is 13.3. The molecule has 0 aliphatic heterocycles. The summed E-state index contributed by atoms with van der Waals surface area (Å²) in [6.07, 6.45) is -3.48. The fourth-order valence-electron chi connectivity index (χ4n) is 2.22. The third-order valence-electron chi connectivity index (χ3n) is 3.32. The summed E-state index contributed by atoms with van der Waals surface area (Å²) in [5, 5.41) is 2.73. The summed E-state index contributed by atoms with van der Waals surface area (Å²) in [6.45, 7) is 0. The molecule has 0 fully saturated rings. The molecule has 1 aromatic heterocycles. The van der Waals surface area contributed by atoms with E-state index in [0.717, 1.165) is 36.4 Å². The van der Waals surface area contributed by atoms with E-state index in [0.29, 0.717) is 0 Å². The molecule has 3 rings (SSSR count). The molecule has 0 saturated heterocycles. The van der Waals surface area contributed by atoms with E-state index in [1.165, 1.54) is 6.20 Å². The molecular formula is C16H9F5N2O2. The van der Waals surface area contributed by atoms with Gasteiger partial charge in [0.25, 0.3) is 5.91 Å². The first-order chi connectivity index (χ1) is 11.7. The van der Waals surface area contributed by atoms with Crippen LogP contribution in [0.15, 0.2) is 42.6 Å². The molecule has 0 radical (unpaired) electrons. The molecule has 0 unspecified atom stereocenters. The molecule has 9 heteroatoms. The Labute approximate surface area is 137 Å². The van der Waals surface area contributed by atoms with Crippen molar-refractivity contribution in [3.63, 3.8) is 0 Å². The van der Waals surface area contributed by atoms with Gasteiger partial charge in [-0.15, -0.1) is 13.2 Å². The standard InChI is InChI=1S/C16H9F5N2O2/c17-11-5-10-13(6-12(11)18)22-7-14(10)23-15(24)8-1-3-9(4-2-8)25-16(19,20)21/h1-7,22H,(H,23,24). The van der Waals surface area contributed by atoms with Gasteiger partial charge >= 0.3 is 6.36 Å². The minimum Gasteiger partial charge on any atom is -0.406 e. The van der Waals surface area contributed by atoms with Crippen molar-refractivity contribution in [2.75, 3.05) is 5.32 Å². The van der Waals surface area contributed by atoms with Gasteiger partial charge in [-0.1, -0.05) is 0 Å². The Bertz CT molecular complexity index is 932. The Morgan fingerprint density at radius 2 is 1.68 bits per heavy atom. The van der Waals surface area contributed by atoms with Crippen molar-refractivity contribution in [2.45, 2.75) is 6.36 Å². The molecule has 3 aromatic rings. The number of alkyl halides is 3. The summed E-state index contributed by atoms with van der Waals surface area (Å²) in [4.78, 5) is 14.8. The number of nitrogens with one attached hydrogen (secondary N) is 2. The number of ether oxygens (including phenoxy) is 1. The minimum atomic E-state index is -4.83. The molecule has 0 saturated carbocycles. The smallest absolute Gasteiger partial charge is 0.406 e. The number of hydrogen-bond acceptors (Lipinski definition) is 2. The van der Waals surface area contributed by atoms with Gasteiger partial charge in [0.05, 0.1) is 11.2 Å². The first-order valence-electron chi connectivity index (χ1n) is 6.86. The number of rotatable bonds is 3. The molecule has 0 aliphatic carbocycles. The van der Waals surface area contributed by atoms with Crippen molar-refractivity contribution >= 4 is 22.5 Å². The van der Waals surface area contributed by atoms with Crippen LogP contribution in [-0.2, 0) is 0 Å². The Morgan fingerprint density at radius 1 is 1.04 bits per heavy atom. The zero-order chi connectivity index (χ0) is 18.2. The van der Waals surface area contributed by atoms with Gasteiger partial charge in [-0.3, -0.25) is 4.79 Å². The lowest BCUT2D eigenvalue weighted by atomic mass is 10.2. The number of carbonyl (C=O) groups is 1. The molecule has 0 aliphatic rings. The Balaban J connectivity index is 1.79. The normalized spacial score (nSPS) is 11.6. The van der Waals surface area contributed by atoms with Crippen LogP contribution in [0.1, 0.15) is 10.4 Å². The van der Waals surface area contributed by atoms with Crippen LogP contribution in [0.4, 0.5) is 27.6 Å². The fraction of sp³-hybridized carbons (Fsp3) is 0.0625. The zero-order valence-electron chi connectivity index (χ0n) is 12.2. The average molecular weight is 356 g/mol. The highest BCUT2D eigenvalue weighted by Crippen LogP contribution is 2.27. The Kier molecular flexibility index (Phi) is 4.07. The third-order valence-corrected chi connectivity index (χ3v) is 3.32. The van der Waals surface area contributed by atoms with Crippen molar-refractivity contribution in [2.24, 2.45) is 0 Å². The molecule has 2 N–H and O–H groups in total. The first kappa shape index (κ1) is 16.7. The average Bonchev–Trinajstić information content (AvgIpc) is 2.89. The summed E-state index contributed by atoms with van der Waals surface area (Å²) in [7, 11) is 0. The summed E-state index contributed by atoms with van der Waals surface area (Å²) >= 11 is 0. The van der Waals surface area contributed by atoms with Gasteiger partial charge in [0.1, 0.15) is 5.75 Å². The van der Waals surface area contributed by atoms with Gasteiger partial charge < -0.3 is 15.0 Å². The molecule has 0 atom stereocenters. The second-order valence-corrected chi connectivity index (χ2v) is 5.04. The van der Waals surface area contributed by atoms with E-state index in [-0.39, 0.29) is 22.2 Å². The molecular weight excluding hydrogens is 347 g/mol. The highest BCUT2D eigenvalue weighted by molar-refractivity contribution is 6.09. The monoisotopic (exact) mass is 356 g/mol. The lowest BCUT2D eigenvalue weighted by Gasteiger charge is -2.09. The van der Waals surface area contributed by atoms with Crippen LogP contribution < -0.4 is 10.1 Å². The van der Waals surface area contributed by atoms with E-state index in [1.807, 2.05) is 0 Å². The summed E-state index contributed by atoms with van der Waals surface area (Å²) in [5.41, 5.74) is 0.545. The lowest BCUT2D eigenvalue weighted by Crippen LogP contribution is -2.17. The van der Waals surface area contributed by atoms with E-state index in [2.05, 4.69) is 15.0 Å². The third kappa shape index (κ3) is 3.70. The maximum Gasteiger partial charge on any atom is 0.573 e. The number of halogens is 5. The van der Waals surface area contributed by atoms with Crippen molar-refractivity contribution < 1.29 is 31.5 Å². The number of amides is 1. The van der Waals surface area contributed by atoms with Crippen molar-refractivity contribution in [3.8, 4) is 5.75 Å². The number of H-pyrrole nitrogens is 1. The van der Waals surface area contributed by atoms with E-state index in [1.54, 1.807) is 0 Å². The zero-order valence-corrected chi connectivity index (χ0v) is 12.2. The molecule has 0 spiro atoms. The molecule has 0 bridgehead atoms. The van der Waals surface area contributed by atoms with Crippen LogP contribution in [0.25, 0.3) is 10.9 Å².